The molecule has 5 nitrogen and oxygen atoms in total. The molecule has 0 aliphatic carbocycles. The van der Waals surface area contributed by atoms with Gasteiger partial charge in [-0.2, -0.15) is 0 Å². The zero-order valence-corrected chi connectivity index (χ0v) is 13.6. The Morgan fingerprint density at radius 1 is 1.20 bits per heavy atom. The number of halogens is 1. The fourth-order valence-corrected chi connectivity index (χ4v) is 2.50. The molecule has 0 aliphatic rings. The predicted molar refractivity (Wildman–Crippen MR) is 93.1 cm³/mol. The van der Waals surface area contributed by atoms with E-state index >= 15 is 0 Å². The van der Waals surface area contributed by atoms with Gasteiger partial charge in [0.2, 0.25) is 0 Å². The molecule has 3 rings (SSSR count). The van der Waals surface area contributed by atoms with Gasteiger partial charge in [0.15, 0.2) is 0 Å². The van der Waals surface area contributed by atoms with Crippen LogP contribution in [0, 0.1) is 12.7 Å². The second kappa shape index (κ2) is 7.09. The number of aromatic nitrogens is 2. The first-order chi connectivity index (χ1) is 12.0. The molecule has 2 aromatic heterocycles. The molecule has 0 saturated heterocycles. The fourth-order valence-electron chi connectivity index (χ4n) is 2.50. The van der Waals surface area contributed by atoms with E-state index in [4.69, 9.17) is 0 Å². The summed E-state index contributed by atoms with van der Waals surface area (Å²) in [5, 5.41) is 2.61. The van der Waals surface area contributed by atoms with Crippen molar-refractivity contribution in [3.8, 4) is 0 Å². The van der Waals surface area contributed by atoms with Crippen LogP contribution in [0.2, 0.25) is 0 Å². The zero-order chi connectivity index (χ0) is 17.8. The quantitative estimate of drug-likeness (QED) is 0.796. The van der Waals surface area contributed by atoms with Crippen LogP contribution in [-0.2, 0) is 6.54 Å². The van der Waals surface area contributed by atoms with Crippen LogP contribution in [0.5, 0.6) is 0 Å². The number of carbonyl (C=O) groups excluding carboxylic acids is 1. The lowest BCUT2D eigenvalue weighted by Crippen LogP contribution is -2.26. The van der Waals surface area contributed by atoms with E-state index in [1.807, 2.05) is 0 Å². The molecule has 0 bridgehead atoms. The van der Waals surface area contributed by atoms with Gasteiger partial charge in [-0.15, -0.1) is 0 Å². The van der Waals surface area contributed by atoms with Gasteiger partial charge in [0.05, 0.1) is 6.54 Å². The molecule has 1 amide bonds. The SMILES string of the molecule is Cc1cc(NC(=O)c2ccncc2)c(=O)n(Cc2ccccc2F)c1. The van der Waals surface area contributed by atoms with Gasteiger partial charge in [0, 0.05) is 29.7 Å². The second-order valence-corrected chi connectivity index (χ2v) is 5.65. The van der Waals surface area contributed by atoms with Crippen molar-refractivity contribution in [2.24, 2.45) is 0 Å². The van der Waals surface area contributed by atoms with Crippen LogP contribution in [0.4, 0.5) is 10.1 Å². The molecule has 3 aromatic rings. The topological polar surface area (TPSA) is 64.0 Å². The fraction of sp³-hybridized carbons (Fsp3) is 0.105. The molecule has 1 aromatic carbocycles. The molecule has 0 saturated carbocycles. The Labute approximate surface area is 143 Å². The van der Waals surface area contributed by atoms with E-state index in [1.165, 1.54) is 23.0 Å². The monoisotopic (exact) mass is 337 g/mol. The Morgan fingerprint density at radius 3 is 2.64 bits per heavy atom. The van der Waals surface area contributed by atoms with Crippen molar-refractivity contribution in [1.82, 2.24) is 9.55 Å². The van der Waals surface area contributed by atoms with Crippen LogP contribution < -0.4 is 10.9 Å². The highest BCUT2D eigenvalue weighted by atomic mass is 19.1. The van der Waals surface area contributed by atoms with E-state index in [0.717, 1.165) is 5.56 Å². The van der Waals surface area contributed by atoms with Crippen molar-refractivity contribution < 1.29 is 9.18 Å². The van der Waals surface area contributed by atoms with E-state index < -0.39 is 11.5 Å². The molecular weight excluding hydrogens is 321 g/mol. The highest BCUT2D eigenvalue weighted by Crippen LogP contribution is 2.11. The van der Waals surface area contributed by atoms with Crippen LogP contribution in [0.25, 0.3) is 0 Å². The summed E-state index contributed by atoms with van der Waals surface area (Å²) in [4.78, 5) is 28.7. The van der Waals surface area contributed by atoms with Crippen LogP contribution in [0.3, 0.4) is 0 Å². The minimum atomic E-state index is -0.400. The molecule has 25 heavy (non-hydrogen) atoms. The summed E-state index contributed by atoms with van der Waals surface area (Å²) >= 11 is 0. The Kier molecular flexibility index (Phi) is 4.70. The lowest BCUT2D eigenvalue weighted by molar-refractivity contribution is 0.102. The van der Waals surface area contributed by atoms with Gasteiger partial charge in [-0.1, -0.05) is 18.2 Å². The van der Waals surface area contributed by atoms with Crippen molar-refractivity contribution >= 4 is 11.6 Å². The summed E-state index contributed by atoms with van der Waals surface area (Å²) in [6.07, 6.45) is 4.64. The first-order valence-electron chi connectivity index (χ1n) is 7.70. The highest BCUT2D eigenvalue weighted by molar-refractivity contribution is 6.04. The van der Waals surface area contributed by atoms with Gasteiger partial charge in [0.1, 0.15) is 11.5 Å². The van der Waals surface area contributed by atoms with Crippen LogP contribution in [-0.4, -0.2) is 15.5 Å². The number of rotatable bonds is 4. The number of hydrogen-bond donors (Lipinski definition) is 1. The van der Waals surface area contributed by atoms with Crippen molar-refractivity contribution in [1.29, 1.82) is 0 Å². The standard InChI is InChI=1S/C19H16FN3O2/c1-13-10-17(22-18(24)14-6-8-21-9-7-14)19(25)23(11-13)12-15-4-2-3-5-16(15)20/h2-11H,12H2,1H3,(H,22,24). The first-order valence-corrected chi connectivity index (χ1v) is 7.70. The molecule has 126 valence electrons. The molecule has 0 radical (unpaired) electrons. The van der Waals surface area contributed by atoms with Crippen LogP contribution >= 0.6 is 0 Å². The number of pyridine rings is 2. The van der Waals surface area contributed by atoms with Crippen molar-refractivity contribution in [2.75, 3.05) is 5.32 Å². The third-order valence-corrected chi connectivity index (χ3v) is 3.71. The van der Waals surface area contributed by atoms with E-state index in [2.05, 4.69) is 10.3 Å². The minimum absolute atomic E-state index is 0.0886. The number of benzene rings is 1. The number of nitrogens with one attached hydrogen (secondary N) is 1. The maximum Gasteiger partial charge on any atom is 0.274 e. The van der Waals surface area contributed by atoms with Gasteiger partial charge >= 0.3 is 0 Å². The molecule has 0 spiro atoms. The largest absolute Gasteiger partial charge is 0.317 e. The lowest BCUT2D eigenvalue weighted by atomic mass is 10.2. The van der Waals surface area contributed by atoms with Gasteiger partial charge in [-0.3, -0.25) is 14.6 Å². The van der Waals surface area contributed by atoms with Gasteiger partial charge in [-0.25, -0.2) is 4.39 Å². The molecule has 0 atom stereocenters. The highest BCUT2D eigenvalue weighted by Gasteiger charge is 2.12. The predicted octanol–water partition coefficient (Wildman–Crippen LogP) is 2.99. The van der Waals surface area contributed by atoms with Crippen molar-refractivity contribution in [3.63, 3.8) is 0 Å². The summed E-state index contributed by atoms with van der Waals surface area (Å²) < 4.78 is 15.2. The molecule has 6 heteroatoms. The van der Waals surface area contributed by atoms with Crippen molar-refractivity contribution in [2.45, 2.75) is 13.5 Å². The Bertz CT molecular complexity index is 968. The molecule has 2 heterocycles. The second-order valence-electron chi connectivity index (χ2n) is 5.65. The van der Waals surface area contributed by atoms with E-state index in [1.54, 1.807) is 49.5 Å². The number of amides is 1. The molecule has 1 N–H and O–H groups in total. The van der Waals surface area contributed by atoms with Gasteiger partial charge in [0.25, 0.3) is 11.5 Å². The first kappa shape index (κ1) is 16.6. The Balaban J connectivity index is 1.91. The van der Waals surface area contributed by atoms with Gasteiger partial charge in [-0.05, 0) is 36.8 Å². The van der Waals surface area contributed by atoms with Crippen molar-refractivity contribution in [3.05, 3.63) is 93.9 Å². The summed E-state index contributed by atoms with van der Waals surface area (Å²) in [7, 11) is 0. The molecule has 0 unspecified atom stereocenters. The summed E-state index contributed by atoms with van der Waals surface area (Å²) in [5.74, 6) is -0.777. The van der Waals surface area contributed by atoms with Gasteiger partial charge < -0.3 is 9.88 Å². The number of hydrogen-bond acceptors (Lipinski definition) is 3. The average molecular weight is 337 g/mol. The number of aryl methyl sites for hydroxylation is 1. The summed E-state index contributed by atoms with van der Waals surface area (Å²) in [5.41, 5.74) is 1.34. The molecular formula is C19H16FN3O2. The number of carbonyl (C=O) groups is 1. The third kappa shape index (κ3) is 3.80. The average Bonchev–Trinajstić information content (AvgIpc) is 2.61. The Morgan fingerprint density at radius 2 is 1.92 bits per heavy atom. The Hall–Kier alpha value is -3.28. The normalized spacial score (nSPS) is 10.5. The van der Waals surface area contributed by atoms with E-state index in [-0.39, 0.29) is 18.0 Å². The van der Waals surface area contributed by atoms with Crippen LogP contribution in [0.15, 0.2) is 65.8 Å². The maximum atomic E-state index is 13.8. The number of nitrogens with zero attached hydrogens (tertiary/aromatic N) is 2. The zero-order valence-electron chi connectivity index (χ0n) is 13.6. The summed E-state index contributed by atoms with van der Waals surface area (Å²) in [6.45, 7) is 1.89. The van der Waals surface area contributed by atoms with Crippen LogP contribution in [0.1, 0.15) is 21.5 Å². The molecule has 0 aliphatic heterocycles. The van der Waals surface area contributed by atoms with E-state index in [9.17, 15) is 14.0 Å². The maximum absolute atomic E-state index is 13.8. The minimum Gasteiger partial charge on any atom is -0.317 e. The lowest BCUT2D eigenvalue weighted by Gasteiger charge is -2.12. The summed E-state index contributed by atoms with van der Waals surface area (Å²) in [6, 6.07) is 11.0. The smallest absolute Gasteiger partial charge is 0.274 e. The third-order valence-electron chi connectivity index (χ3n) is 3.71. The number of anilines is 1. The van der Waals surface area contributed by atoms with E-state index in [0.29, 0.717) is 11.1 Å². The molecule has 0 fully saturated rings.